The molecule has 23 heavy (non-hydrogen) atoms. The average Bonchev–Trinajstić information content (AvgIpc) is 2.79. The average molecular weight is 346 g/mol. The third-order valence-electron chi connectivity index (χ3n) is 3.82. The van der Waals surface area contributed by atoms with Crippen LogP contribution in [0.3, 0.4) is 0 Å². The smallest absolute Gasteiger partial charge is 0.330 e. The van der Waals surface area contributed by atoms with E-state index in [1.165, 1.54) is 17.0 Å². The van der Waals surface area contributed by atoms with Crippen molar-refractivity contribution in [2.75, 3.05) is 19.5 Å². The molecule has 0 radical (unpaired) electrons. The summed E-state index contributed by atoms with van der Waals surface area (Å²) in [6.45, 7) is 0.274. The summed E-state index contributed by atoms with van der Waals surface area (Å²) in [7, 11) is -1.43. The summed E-state index contributed by atoms with van der Waals surface area (Å²) in [5, 5.41) is 0.0764. The van der Waals surface area contributed by atoms with E-state index in [9.17, 15) is 17.8 Å². The third kappa shape index (κ3) is 3.05. The van der Waals surface area contributed by atoms with E-state index in [1.54, 1.807) is 0 Å². The van der Waals surface area contributed by atoms with Gasteiger partial charge in [-0.15, -0.1) is 0 Å². The lowest BCUT2D eigenvalue weighted by atomic mass is 10.1. The molecule has 0 spiro atoms. The first kappa shape index (κ1) is 16.2. The molecule has 1 fully saturated rings. The number of alkyl halides is 2. The number of halogens is 2. The fourth-order valence-corrected chi connectivity index (χ4v) is 3.18. The summed E-state index contributed by atoms with van der Waals surface area (Å²) in [6, 6.07) is -0.175. The molecule has 1 saturated heterocycles. The number of aromatic nitrogens is 4. The minimum absolute atomic E-state index is 0.0764. The van der Waals surface area contributed by atoms with Gasteiger partial charge in [-0.2, -0.15) is 0 Å². The SMILES string of the molecule is CS(=O)c1ncc2c(n1)n(C1CCOCC1)c(=O)n2CC(F)F. The van der Waals surface area contributed by atoms with Crippen molar-refractivity contribution in [1.29, 1.82) is 0 Å². The highest BCUT2D eigenvalue weighted by Gasteiger charge is 2.25. The molecule has 0 amide bonds. The summed E-state index contributed by atoms with van der Waals surface area (Å²) < 4.78 is 44.9. The molecule has 1 unspecified atom stereocenters. The van der Waals surface area contributed by atoms with Gasteiger partial charge in [-0.1, -0.05) is 0 Å². The van der Waals surface area contributed by atoms with Crippen LogP contribution in [0.15, 0.2) is 16.1 Å². The van der Waals surface area contributed by atoms with Gasteiger partial charge >= 0.3 is 5.69 Å². The minimum Gasteiger partial charge on any atom is -0.381 e. The zero-order chi connectivity index (χ0) is 16.6. The summed E-state index contributed by atoms with van der Waals surface area (Å²) in [5.74, 6) is 0. The van der Waals surface area contributed by atoms with E-state index in [0.29, 0.717) is 26.1 Å². The predicted octanol–water partition coefficient (Wildman–Crippen LogP) is 0.947. The first-order valence-corrected chi connectivity index (χ1v) is 8.72. The molecule has 1 atom stereocenters. The highest BCUT2D eigenvalue weighted by molar-refractivity contribution is 7.84. The fraction of sp³-hybridized carbons (Fsp3) is 0.615. The van der Waals surface area contributed by atoms with Gasteiger partial charge in [-0.05, 0) is 12.8 Å². The first-order chi connectivity index (χ1) is 11.0. The summed E-state index contributed by atoms with van der Waals surface area (Å²) in [5.41, 5.74) is -0.0562. The Morgan fingerprint density at radius 1 is 1.43 bits per heavy atom. The van der Waals surface area contributed by atoms with Crippen LogP contribution >= 0.6 is 0 Å². The van der Waals surface area contributed by atoms with Gasteiger partial charge in [0.1, 0.15) is 5.52 Å². The van der Waals surface area contributed by atoms with E-state index >= 15 is 0 Å². The van der Waals surface area contributed by atoms with E-state index < -0.39 is 29.5 Å². The Kier molecular flexibility index (Phi) is 4.53. The molecule has 3 rings (SSSR count). The molecule has 1 aliphatic heterocycles. The van der Waals surface area contributed by atoms with Crippen LogP contribution in [0, 0.1) is 0 Å². The third-order valence-corrected chi connectivity index (χ3v) is 4.53. The Labute approximate surface area is 132 Å². The monoisotopic (exact) mass is 346 g/mol. The Morgan fingerprint density at radius 2 is 2.13 bits per heavy atom. The van der Waals surface area contributed by atoms with Crippen LogP contribution in [0.1, 0.15) is 18.9 Å². The number of hydrogen-bond donors (Lipinski definition) is 0. The molecule has 1 aliphatic rings. The molecule has 126 valence electrons. The Morgan fingerprint density at radius 3 is 2.74 bits per heavy atom. The highest BCUT2D eigenvalue weighted by atomic mass is 32.2. The first-order valence-electron chi connectivity index (χ1n) is 7.16. The molecule has 2 aromatic rings. The standard InChI is InChI=1S/C13H16F2N4O3S/c1-23(21)12-16-6-9-11(17-12)19(8-2-4-22-5-3-8)13(20)18(9)7-10(14)15/h6,8,10H,2-5,7H2,1H3. The normalized spacial score (nSPS) is 17.9. The molecule has 0 aromatic carbocycles. The lowest BCUT2D eigenvalue weighted by Gasteiger charge is -2.22. The number of rotatable bonds is 4. The van der Waals surface area contributed by atoms with E-state index in [1.807, 2.05) is 0 Å². The van der Waals surface area contributed by atoms with Gasteiger partial charge in [0.05, 0.1) is 23.5 Å². The van der Waals surface area contributed by atoms with Crippen LogP contribution in [-0.4, -0.2) is 49.2 Å². The van der Waals surface area contributed by atoms with Crippen molar-refractivity contribution in [3.05, 3.63) is 16.7 Å². The van der Waals surface area contributed by atoms with Crippen molar-refractivity contribution >= 4 is 22.0 Å². The number of hydrogen-bond acceptors (Lipinski definition) is 5. The van der Waals surface area contributed by atoms with Crippen molar-refractivity contribution in [3.8, 4) is 0 Å². The molecule has 3 heterocycles. The van der Waals surface area contributed by atoms with Crippen LogP contribution in [0.2, 0.25) is 0 Å². The van der Waals surface area contributed by atoms with E-state index in [2.05, 4.69) is 9.97 Å². The molecule has 0 bridgehead atoms. The molecule has 2 aromatic heterocycles. The van der Waals surface area contributed by atoms with Gasteiger partial charge in [0.2, 0.25) is 5.16 Å². The van der Waals surface area contributed by atoms with Crippen LogP contribution in [0.4, 0.5) is 8.78 Å². The molecule has 7 nitrogen and oxygen atoms in total. The van der Waals surface area contributed by atoms with Crippen molar-refractivity contribution in [2.24, 2.45) is 0 Å². The van der Waals surface area contributed by atoms with Crippen molar-refractivity contribution in [1.82, 2.24) is 19.1 Å². The van der Waals surface area contributed by atoms with E-state index in [0.717, 1.165) is 4.57 Å². The summed E-state index contributed by atoms with van der Waals surface area (Å²) in [6.07, 6.45) is 1.25. The highest BCUT2D eigenvalue weighted by Crippen LogP contribution is 2.24. The number of fused-ring (bicyclic) bond motifs is 1. The second-order valence-corrected chi connectivity index (χ2v) is 6.59. The number of nitrogens with zero attached hydrogens (tertiary/aromatic N) is 4. The predicted molar refractivity (Wildman–Crippen MR) is 79.2 cm³/mol. The van der Waals surface area contributed by atoms with Crippen molar-refractivity contribution in [2.45, 2.75) is 37.0 Å². The molecule has 10 heteroatoms. The van der Waals surface area contributed by atoms with Gasteiger partial charge in [-0.25, -0.2) is 23.5 Å². The number of ether oxygens (including phenoxy) is 1. The second-order valence-electron chi connectivity index (χ2n) is 5.31. The van der Waals surface area contributed by atoms with Crippen molar-refractivity contribution in [3.63, 3.8) is 0 Å². The Hall–Kier alpha value is -1.68. The zero-order valence-electron chi connectivity index (χ0n) is 12.4. The Bertz CT molecular complexity index is 798. The van der Waals surface area contributed by atoms with Gasteiger partial charge in [0.25, 0.3) is 6.43 Å². The van der Waals surface area contributed by atoms with Crippen LogP contribution < -0.4 is 5.69 Å². The van der Waals surface area contributed by atoms with Gasteiger partial charge < -0.3 is 4.74 Å². The Balaban J connectivity index is 2.22. The molecule has 0 saturated carbocycles. The minimum atomic E-state index is -2.67. The maximum Gasteiger partial charge on any atom is 0.330 e. The van der Waals surface area contributed by atoms with Crippen molar-refractivity contribution < 1.29 is 17.7 Å². The molecular weight excluding hydrogens is 330 g/mol. The van der Waals surface area contributed by atoms with Gasteiger partial charge in [-0.3, -0.25) is 13.3 Å². The largest absolute Gasteiger partial charge is 0.381 e. The second kappa shape index (κ2) is 6.44. The zero-order valence-corrected chi connectivity index (χ0v) is 13.3. The topological polar surface area (TPSA) is 79.0 Å². The maximum atomic E-state index is 12.8. The molecule has 0 N–H and O–H groups in total. The molecule has 0 aliphatic carbocycles. The number of imidazole rings is 1. The van der Waals surface area contributed by atoms with Crippen LogP contribution in [-0.2, 0) is 22.1 Å². The summed E-state index contributed by atoms with van der Waals surface area (Å²) >= 11 is 0. The quantitative estimate of drug-likeness (QED) is 0.770. The van der Waals surface area contributed by atoms with Gasteiger partial charge in [0.15, 0.2) is 5.65 Å². The fourth-order valence-electron chi connectivity index (χ4n) is 2.77. The van der Waals surface area contributed by atoms with Gasteiger partial charge in [0, 0.05) is 25.5 Å². The lowest BCUT2D eigenvalue weighted by molar-refractivity contribution is 0.0690. The lowest BCUT2D eigenvalue weighted by Crippen LogP contribution is -2.31. The summed E-state index contributed by atoms with van der Waals surface area (Å²) in [4.78, 5) is 20.7. The van der Waals surface area contributed by atoms with Crippen LogP contribution in [0.5, 0.6) is 0 Å². The van der Waals surface area contributed by atoms with E-state index in [4.69, 9.17) is 4.74 Å². The maximum absolute atomic E-state index is 12.8. The van der Waals surface area contributed by atoms with Crippen LogP contribution in [0.25, 0.3) is 11.2 Å². The van der Waals surface area contributed by atoms with E-state index in [-0.39, 0.29) is 22.4 Å². The molecular formula is C13H16F2N4O3S.